The summed E-state index contributed by atoms with van der Waals surface area (Å²) in [7, 11) is 0. The molecule has 0 aliphatic heterocycles. The molecular formula is C14H17NO. The fourth-order valence-corrected chi connectivity index (χ4v) is 1.83. The summed E-state index contributed by atoms with van der Waals surface area (Å²) >= 11 is 0. The Bertz CT molecular complexity index is 484. The first kappa shape index (κ1) is 10.8. The normalized spacial score (nSPS) is 10.6. The number of allylic oxidation sites excluding steroid dienone is 1. The number of ether oxygens (including phenoxy) is 1. The Morgan fingerprint density at radius 1 is 1.38 bits per heavy atom. The number of hydrogen-bond acceptors (Lipinski definition) is 1. The van der Waals surface area contributed by atoms with E-state index in [1.807, 2.05) is 18.2 Å². The van der Waals surface area contributed by atoms with E-state index in [0.717, 1.165) is 25.3 Å². The number of hydrogen-bond donors (Lipinski definition) is 0. The van der Waals surface area contributed by atoms with E-state index in [1.165, 1.54) is 10.9 Å². The molecule has 2 aromatic rings. The Balaban J connectivity index is 2.40. The molecule has 0 saturated heterocycles. The maximum Gasteiger partial charge on any atom is 0.128 e. The Kier molecular flexibility index (Phi) is 3.30. The third kappa shape index (κ3) is 1.96. The second-order valence-corrected chi connectivity index (χ2v) is 3.79. The highest BCUT2D eigenvalue weighted by atomic mass is 16.5. The van der Waals surface area contributed by atoms with Crippen LogP contribution in [0.2, 0.25) is 0 Å². The average Bonchev–Trinajstić information content (AvgIpc) is 2.71. The summed E-state index contributed by atoms with van der Waals surface area (Å²) in [5.41, 5.74) is 1.20. The van der Waals surface area contributed by atoms with Crippen molar-refractivity contribution in [2.24, 2.45) is 0 Å². The molecule has 0 unspecified atom stereocenters. The van der Waals surface area contributed by atoms with Gasteiger partial charge in [-0.2, -0.15) is 0 Å². The van der Waals surface area contributed by atoms with E-state index in [9.17, 15) is 0 Å². The topological polar surface area (TPSA) is 14.2 Å². The first-order chi connectivity index (χ1) is 7.86. The quantitative estimate of drug-likeness (QED) is 0.695. The van der Waals surface area contributed by atoms with Crippen molar-refractivity contribution in [3.8, 4) is 5.75 Å². The van der Waals surface area contributed by atoms with Crippen molar-refractivity contribution in [3.05, 3.63) is 43.1 Å². The summed E-state index contributed by atoms with van der Waals surface area (Å²) in [6, 6.07) is 8.27. The van der Waals surface area contributed by atoms with Crippen molar-refractivity contribution < 1.29 is 4.74 Å². The predicted molar refractivity (Wildman–Crippen MR) is 67.9 cm³/mol. The van der Waals surface area contributed by atoms with E-state index in [1.54, 1.807) is 0 Å². The predicted octanol–water partition coefficient (Wildman–Crippen LogP) is 3.62. The fourth-order valence-electron chi connectivity index (χ4n) is 1.83. The molecule has 84 valence electrons. The molecule has 0 fully saturated rings. The van der Waals surface area contributed by atoms with Gasteiger partial charge in [0, 0.05) is 18.1 Å². The van der Waals surface area contributed by atoms with Gasteiger partial charge in [-0.3, -0.25) is 0 Å². The Labute approximate surface area is 96.1 Å². The third-order valence-corrected chi connectivity index (χ3v) is 2.56. The van der Waals surface area contributed by atoms with Crippen LogP contribution < -0.4 is 4.74 Å². The van der Waals surface area contributed by atoms with Crippen molar-refractivity contribution in [2.75, 3.05) is 6.61 Å². The van der Waals surface area contributed by atoms with Crippen molar-refractivity contribution in [2.45, 2.75) is 19.9 Å². The molecule has 0 radical (unpaired) electrons. The molecule has 0 aliphatic carbocycles. The van der Waals surface area contributed by atoms with Crippen molar-refractivity contribution in [1.82, 2.24) is 4.57 Å². The lowest BCUT2D eigenvalue weighted by Gasteiger charge is -2.07. The lowest BCUT2D eigenvalue weighted by atomic mass is 10.2. The number of fused-ring (bicyclic) bond motifs is 1. The number of aromatic nitrogens is 1. The minimum absolute atomic E-state index is 0.770. The summed E-state index contributed by atoms with van der Waals surface area (Å²) < 4.78 is 7.89. The van der Waals surface area contributed by atoms with Gasteiger partial charge in [-0.25, -0.2) is 0 Å². The van der Waals surface area contributed by atoms with Gasteiger partial charge in [0.2, 0.25) is 0 Å². The molecule has 0 N–H and O–H groups in total. The van der Waals surface area contributed by atoms with Crippen LogP contribution in [0.4, 0.5) is 0 Å². The summed E-state index contributed by atoms with van der Waals surface area (Å²) in [5, 5.41) is 1.18. The van der Waals surface area contributed by atoms with Crippen LogP contribution in [0.15, 0.2) is 43.1 Å². The van der Waals surface area contributed by atoms with Gasteiger partial charge in [0.15, 0.2) is 0 Å². The van der Waals surface area contributed by atoms with Crippen molar-refractivity contribution >= 4 is 10.9 Å². The van der Waals surface area contributed by atoms with Crippen LogP contribution in [0.25, 0.3) is 10.9 Å². The largest absolute Gasteiger partial charge is 0.493 e. The zero-order valence-corrected chi connectivity index (χ0v) is 9.65. The average molecular weight is 215 g/mol. The van der Waals surface area contributed by atoms with Gasteiger partial charge in [0.05, 0.1) is 12.1 Å². The van der Waals surface area contributed by atoms with Crippen LogP contribution >= 0.6 is 0 Å². The van der Waals surface area contributed by atoms with Gasteiger partial charge in [0.25, 0.3) is 0 Å². The monoisotopic (exact) mass is 215 g/mol. The molecular weight excluding hydrogens is 198 g/mol. The minimum atomic E-state index is 0.770. The smallest absolute Gasteiger partial charge is 0.128 e. The van der Waals surface area contributed by atoms with Crippen molar-refractivity contribution in [3.63, 3.8) is 0 Å². The third-order valence-electron chi connectivity index (χ3n) is 2.56. The molecule has 0 saturated carbocycles. The first-order valence-electron chi connectivity index (χ1n) is 5.68. The molecule has 0 amide bonds. The SMILES string of the molecule is C=CCn1ccc2c(OCCC)cccc21. The molecule has 2 nitrogen and oxygen atoms in total. The summed E-state index contributed by atoms with van der Waals surface area (Å²) in [6.45, 7) is 7.48. The van der Waals surface area contributed by atoms with E-state index in [-0.39, 0.29) is 0 Å². The molecule has 0 spiro atoms. The van der Waals surface area contributed by atoms with Gasteiger partial charge in [-0.15, -0.1) is 6.58 Å². The highest BCUT2D eigenvalue weighted by Crippen LogP contribution is 2.26. The number of rotatable bonds is 5. The number of benzene rings is 1. The molecule has 1 aromatic heterocycles. The summed E-state index contributed by atoms with van der Waals surface area (Å²) in [4.78, 5) is 0. The van der Waals surface area contributed by atoms with E-state index < -0.39 is 0 Å². The lowest BCUT2D eigenvalue weighted by Crippen LogP contribution is -1.96. The fraction of sp³-hybridized carbons (Fsp3) is 0.286. The second-order valence-electron chi connectivity index (χ2n) is 3.79. The highest BCUT2D eigenvalue weighted by Gasteiger charge is 2.04. The van der Waals surface area contributed by atoms with Gasteiger partial charge >= 0.3 is 0 Å². The standard InChI is InChI=1S/C14H17NO/c1-3-9-15-10-8-12-13(15)6-5-7-14(12)16-11-4-2/h3,5-8,10H,1,4,9,11H2,2H3. The van der Waals surface area contributed by atoms with E-state index in [2.05, 4.69) is 36.4 Å². The Hall–Kier alpha value is -1.70. The molecule has 0 aliphatic rings. The molecule has 2 heteroatoms. The van der Waals surface area contributed by atoms with Crippen LogP contribution in [0.3, 0.4) is 0 Å². The van der Waals surface area contributed by atoms with E-state index in [0.29, 0.717) is 0 Å². The van der Waals surface area contributed by atoms with E-state index >= 15 is 0 Å². The zero-order chi connectivity index (χ0) is 11.4. The molecule has 0 atom stereocenters. The van der Waals surface area contributed by atoms with Gasteiger partial charge in [-0.05, 0) is 24.6 Å². The van der Waals surface area contributed by atoms with Crippen molar-refractivity contribution in [1.29, 1.82) is 0 Å². The Morgan fingerprint density at radius 2 is 2.25 bits per heavy atom. The van der Waals surface area contributed by atoms with Gasteiger partial charge in [-0.1, -0.05) is 19.1 Å². The minimum Gasteiger partial charge on any atom is -0.493 e. The van der Waals surface area contributed by atoms with Gasteiger partial charge in [0.1, 0.15) is 5.75 Å². The van der Waals surface area contributed by atoms with Crippen LogP contribution in [0.5, 0.6) is 5.75 Å². The van der Waals surface area contributed by atoms with Crippen LogP contribution in [0.1, 0.15) is 13.3 Å². The lowest BCUT2D eigenvalue weighted by molar-refractivity contribution is 0.321. The molecule has 0 bridgehead atoms. The molecule has 16 heavy (non-hydrogen) atoms. The number of nitrogens with zero attached hydrogens (tertiary/aromatic N) is 1. The maximum absolute atomic E-state index is 5.72. The van der Waals surface area contributed by atoms with Crippen LogP contribution in [-0.4, -0.2) is 11.2 Å². The van der Waals surface area contributed by atoms with Gasteiger partial charge < -0.3 is 9.30 Å². The van der Waals surface area contributed by atoms with E-state index in [4.69, 9.17) is 4.74 Å². The second kappa shape index (κ2) is 4.88. The summed E-state index contributed by atoms with van der Waals surface area (Å²) in [6.07, 6.45) is 5.01. The zero-order valence-electron chi connectivity index (χ0n) is 9.65. The molecule has 1 heterocycles. The molecule has 2 rings (SSSR count). The van der Waals surface area contributed by atoms with Crippen LogP contribution in [0, 0.1) is 0 Å². The first-order valence-corrected chi connectivity index (χ1v) is 5.68. The maximum atomic E-state index is 5.72. The summed E-state index contributed by atoms with van der Waals surface area (Å²) in [5.74, 6) is 0.974. The highest BCUT2D eigenvalue weighted by molar-refractivity contribution is 5.86. The Morgan fingerprint density at radius 3 is 3.00 bits per heavy atom. The van der Waals surface area contributed by atoms with Crippen LogP contribution in [-0.2, 0) is 6.54 Å². The molecule has 1 aromatic carbocycles.